The van der Waals surface area contributed by atoms with Crippen molar-refractivity contribution in [2.45, 2.75) is 25.5 Å². The Hall–Kier alpha value is -2.88. The minimum absolute atomic E-state index is 0.272. The lowest BCUT2D eigenvalue weighted by Gasteiger charge is -2.29. The molecular formula is C20H22N6O2S. The smallest absolute Gasteiger partial charge is 0.326 e. The Morgan fingerprint density at radius 2 is 2.00 bits per heavy atom. The van der Waals surface area contributed by atoms with Crippen LogP contribution in [0.15, 0.2) is 48.1 Å². The molecule has 0 aliphatic carbocycles. The normalized spacial score (nSPS) is 17.1. The van der Waals surface area contributed by atoms with E-state index in [9.17, 15) is 9.90 Å². The zero-order valence-corrected chi connectivity index (χ0v) is 16.6. The SMILES string of the molecule is O=C(Nc1cccc(CN2CCCC(O)C2)n1)Nc1csc(-c2ccncc2)n1. The molecule has 0 bridgehead atoms. The van der Waals surface area contributed by atoms with Crippen LogP contribution in [0.25, 0.3) is 10.6 Å². The molecule has 0 radical (unpaired) electrons. The summed E-state index contributed by atoms with van der Waals surface area (Å²) in [5, 5.41) is 17.9. The second kappa shape index (κ2) is 9.08. The molecular weight excluding hydrogens is 388 g/mol. The van der Waals surface area contributed by atoms with Crippen molar-refractivity contribution >= 4 is 29.0 Å². The van der Waals surface area contributed by atoms with Gasteiger partial charge in [-0.05, 0) is 43.7 Å². The molecule has 8 nitrogen and oxygen atoms in total. The number of hydrogen-bond donors (Lipinski definition) is 3. The van der Waals surface area contributed by atoms with Gasteiger partial charge in [-0.3, -0.25) is 20.5 Å². The molecule has 1 saturated heterocycles. The van der Waals surface area contributed by atoms with Crippen molar-refractivity contribution in [3.8, 4) is 10.6 Å². The largest absolute Gasteiger partial charge is 0.392 e. The van der Waals surface area contributed by atoms with Crippen LogP contribution >= 0.6 is 11.3 Å². The number of piperidine rings is 1. The van der Waals surface area contributed by atoms with Crippen molar-refractivity contribution in [1.29, 1.82) is 0 Å². The third-order valence-electron chi connectivity index (χ3n) is 4.59. The van der Waals surface area contributed by atoms with Gasteiger partial charge >= 0.3 is 6.03 Å². The molecule has 4 rings (SSSR count). The molecule has 1 unspecified atom stereocenters. The Morgan fingerprint density at radius 3 is 2.83 bits per heavy atom. The fourth-order valence-corrected chi connectivity index (χ4v) is 4.02. The minimum Gasteiger partial charge on any atom is -0.392 e. The fraction of sp³-hybridized carbons (Fsp3) is 0.300. The molecule has 9 heteroatoms. The summed E-state index contributed by atoms with van der Waals surface area (Å²) in [6.07, 6.45) is 4.98. The van der Waals surface area contributed by atoms with Crippen molar-refractivity contribution in [2.24, 2.45) is 0 Å². The summed E-state index contributed by atoms with van der Waals surface area (Å²) in [7, 11) is 0. The highest BCUT2D eigenvalue weighted by atomic mass is 32.1. The Morgan fingerprint density at radius 1 is 1.17 bits per heavy atom. The maximum Gasteiger partial charge on any atom is 0.326 e. The topological polar surface area (TPSA) is 103 Å². The Bertz CT molecular complexity index is 964. The number of anilines is 2. The van der Waals surface area contributed by atoms with E-state index in [0.29, 0.717) is 24.7 Å². The summed E-state index contributed by atoms with van der Waals surface area (Å²) in [6.45, 7) is 2.25. The number of thiazole rings is 1. The van der Waals surface area contributed by atoms with Gasteiger partial charge in [-0.25, -0.2) is 14.8 Å². The molecule has 1 fully saturated rings. The molecule has 0 saturated carbocycles. The summed E-state index contributed by atoms with van der Waals surface area (Å²) in [6, 6.07) is 8.89. The number of nitrogens with one attached hydrogen (secondary N) is 2. The number of likely N-dealkylation sites (tertiary alicyclic amines) is 1. The predicted molar refractivity (Wildman–Crippen MR) is 113 cm³/mol. The third-order valence-corrected chi connectivity index (χ3v) is 5.48. The molecule has 1 aliphatic rings. The summed E-state index contributed by atoms with van der Waals surface area (Å²) in [4.78, 5) is 27.4. The van der Waals surface area contributed by atoms with Crippen LogP contribution in [0.4, 0.5) is 16.4 Å². The number of rotatable bonds is 5. The molecule has 29 heavy (non-hydrogen) atoms. The zero-order chi connectivity index (χ0) is 20.1. The first-order chi connectivity index (χ1) is 14.2. The van der Waals surface area contributed by atoms with Gasteiger partial charge in [0.1, 0.15) is 16.6 Å². The van der Waals surface area contributed by atoms with Crippen molar-refractivity contribution < 1.29 is 9.90 Å². The first kappa shape index (κ1) is 19.4. The molecule has 1 atom stereocenters. The van der Waals surface area contributed by atoms with Gasteiger partial charge in [0.15, 0.2) is 0 Å². The molecule has 3 N–H and O–H groups in total. The number of aromatic nitrogens is 3. The Kier molecular flexibility index (Phi) is 6.09. The van der Waals surface area contributed by atoms with Gasteiger partial charge in [-0.1, -0.05) is 6.07 Å². The van der Waals surface area contributed by atoms with E-state index in [1.807, 2.05) is 24.3 Å². The van der Waals surface area contributed by atoms with Crippen molar-refractivity contribution in [2.75, 3.05) is 23.7 Å². The van der Waals surface area contributed by atoms with E-state index in [1.165, 1.54) is 11.3 Å². The van der Waals surface area contributed by atoms with Crippen LogP contribution < -0.4 is 10.6 Å². The van der Waals surface area contributed by atoms with Crippen LogP contribution in [0.2, 0.25) is 0 Å². The number of aliphatic hydroxyl groups is 1. The van der Waals surface area contributed by atoms with Gasteiger partial charge in [0.25, 0.3) is 0 Å². The van der Waals surface area contributed by atoms with Gasteiger partial charge in [0.05, 0.1) is 11.8 Å². The number of carbonyl (C=O) groups is 1. The molecule has 0 aromatic carbocycles. The zero-order valence-electron chi connectivity index (χ0n) is 15.8. The maximum absolute atomic E-state index is 12.3. The number of hydrogen-bond acceptors (Lipinski definition) is 7. The first-order valence-corrected chi connectivity index (χ1v) is 10.3. The second-order valence-electron chi connectivity index (χ2n) is 6.90. The second-order valence-corrected chi connectivity index (χ2v) is 7.76. The summed E-state index contributed by atoms with van der Waals surface area (Å²) < 4.78 is 0. The van der Waals surface area contributed by atoms with Gasteiger partial charge in [-0.15, -0.1) is 11.3 Å². The molecule has 4 heterocycles. The van der Waals surface area contributed by atoms with E-state index in [0.717, 1.165) is 35.7 Å². The van der Waals surface area contributed by atoms with Crippen molar-refractivity contribution in [3.05, 3.63) is 53.8 Å². The van der Waals surface area contributed by atoms with Crippen molar-refractivity contribution in [3.63, 3.8) is 0 Å². The predicted octanol–water partition coefficient (Wildman–Crippen LogP) is 3.20. The number of amides is 2. The van der Waals surface area contributed by atoms with E-state index in [4.69, 9.17) is 0 Å². The average molecular weight is 411 g/mol. The lowest BCUT2D eigenvalue weighted by molar-refractivity contribution is 0.0662. The molecule has 1 aliphatic heterocycles. The van der Waals surface area contributed by atoms with E-state index in [1.54, 1.807) is 23.8 Å². The van der Waals surface area contributed by atoms with E-state index < -0.39 is 6.03 Å². The average Bonchev–Trinajstić information content (AvgIpc) is 3.17. The van der Waals surface area contributed by atoms with E-state index >= 15 is 0 Å². The van der Waals surface area contributed by atoms with Gasteiger partial charge < -0.3 is 5.11 Å². The van der Waals surface area contributed by atoms with Crippen LogP contribution in [-0.2, 0) is 6.54 Å². The number of aliphatic hydroxyl groups excluding tert-OH is 1. The Labute approximate surface area is 172 Å². The maximum atomic E-state index is 12.3. The van der Waals surface area contributed by atoms with Crippen molar-refractivity contribution in [1.82, 2.24) is 19.9 Å². The number of pyridine rings is 2. The van der Waals surface area contributed by atoms with E-state index in [-0.39, 0.29) is 6.10 Å². The standard InChI is InChI=1S/C20H22N6O2S/c27-16-4-2-10-26(12-16)11-15-3-1-5-17(22-15)24-20(28)25-18-13-29-19(23-18)14-6-8-21-9-7-14/h1,3,5-9,13,16,27H,2,4,10-12H2,(H2,22,24,25,28). The first-order valence-electron chi connectivity index (χ1n) is 9.46. The van der Waals surface area contributed by atoms with E-state index in [2.05, 4.69) is 30.5 Å². The Balaban J connectivity index is 1.34. The van der Waals surface area contributed by atoms with Crippen LogP contribution in [-0.4, -0.2) is 50.2 Å². The van der Waals surface area contributed by atoms with Crippen LogP contribution in [0.5, 0.6) is 0 Å². The lowest BCUT2D eigenvalue weighted by atomic mass is 10.1. The monoisotopic (exact) mass is 410 g/mol. The van der Waals surface area contributed by atoms with Crippen LogP contribution in [0.1, 0.15) is 18.5 Å². The third kappa shape index (κ3) is 5.35. The number of nitrogens with zero attached hydrogens (tertiary/aromatic N) is 4. The fourth-order valence-electron chi connectivity index (χ4n) is 3.26. The number of carbonyl (C=O) groups excluding carboxylic acids is 1. The van der Waals surface area contributed by atoms with Crippen LogP contribution in [0.3, 0.4) is 0 Å². The highest BCUT2D eigenvalue weighted by molar-refractivity contribution is 7.13. The quantitative estimate of drug-likeness (QED) is 0.597. The molecule has 0 spiro atoms. The van der Waals surface area contributed by atoms with Gasteiger partial charge in [-0.2, -0.15) is 0 Å². The summed E-state index contributed by atoms with van der Waals surface area (Å²) in [5.74, 6) is 0.958. The number of β-amino-alcohol motifs (C(OH)–C–C–N with tert-alkyl or cyclic N) is 1. The molecule has 2 amide bonds. The minimum atomic E-state index is -0.394. The van der Waals surface area contributed by atoms with Gasteiger partial charge in [0, 0.05) is 36.4 Å². The van der Waals surface area contributed by atoms with Gasteiger partial charge in [0.2, 0.25) is 0 Å². The molecule has 150 valence electrons. The summed E-state index contributed by atoms with van der Waals surface area (Å²) in [5.41, 5.74) is 1.81. The summed E-state index contributed by atoms with van der Waals surface area (Å²) >= 11 is 1.45. The highest BCUT2D eigenvalue weighted by Crippen LogP contribution is 2.25. The number of urea groups is 1. The molecule has 3 aromatic heterocycles. The molecule has 3 aromatic rings. The van der Waals surface area contributed by atoms with Crippen LogP contribution in [0, 0.1) is 0 Å². The highest BCUT2D eigenvalue weighted by Gasteiger charge is 2.18. The lowest BCUT2D eigenvalue weighted by Crippen LogP contribution is -2.37.